The van der Waals surface area contributed by atoms with Crippen molar-refractivity contribution in [3.8, 4) is 0 Å². The van der Waals surface area contributed by atoms with Gasteiger partial charge in [0.1, 0.15) is 0 Å². The largest absolute Gasteiger partial charge is 0.501 e. The molecule has 0 aliphatic rings. The lowest BCUT2D eigenvalue weighted by Gasteiger charge is -2.35. The molecule has 38 heavy (non-hydrogen) atoms. The SMILES string of the molecule is CCCCCCCCCCCCCCCCC(CC(C)C[Si](OCC)(OCCO)OCCO)C(C)(C)N.Cl. The highest BCUT2D eigenvalue weighted by Gasteiger charge is 2.43. The van der Waals surface area contributed by atoms with E-state index in [0.29, 0.717) is 24.5 Å². The van der Waals surface area contributed by atoms with Crippen molar-refractivity contribution < 1.29 is 23.5 Å². The maximum atomic E-state index is 9.29. The minimum absolute atomic E-state index is 0. The van der Waals surface area contributed by atoms with Crippen LogP contribution in [0.1, 0.15) is 137 Å². The van der Waals surface area contributed by atoms with Gasteiger partial charge in [-0.15, -0.1) is 12.4 Å². The second kappa shape index (κ2) is 26.2. The summed E-state index contributed by atoms with van der Waals surface area (Å²) in [4.78, 5) is 0. The van der Waals surface area contributed by atoms with E-state index in [2.05, 4.69) is 27.7 Å². The van der Waals surface area contributed by atoms with Crippen LogP contribution < -0.4 is 5.73 Å². The Kier molecular flexibility index (Phi) is 27.8. The third-order valence-corrected chi connectivity index (χ3v) is 10.6. The number of aliphatic hydroxyl groups is 2. The molecule has 2 atom stereocenters. The van der Waals surface area contributed by atoms with Crippen molar-refractivity contribution in [2.24, 2.45) is 17.6 Å². The van der Waals surface area contributed by atoms with E-state index < -0.39 is 8.80 Å². The van der Waals surface area contributed by atoms with Crippen LogP contribution in [0.5, 0.6) is 0 Å². The molecule has 0 bridgehead atoms. The van der Waals surface area contributed by atoms with Gasteiger partial charge in [-0.3, -0.25) is 0 Å². The molecule has 0 saturated carbocycles. The zero-order valence-electron chi connectivity index (χ0n) is 25.8. The minimum Gasteiger partial charge on any atom is -0.394 e. The maximum Gasteiger partial charge on any atom is 0.501 e. The van der Waals surface area contributed by atoms with Crippen molar-refractivity contribution in [1.29, 1.82) is 0 Å². The van der Waals surface area contributed by atoms with E-state index in [9.17, 15) is 10.2 Å². The Hall–Kier alpha value is 0.267. The van der Waals surface area contributed by atoms with E-state index in [4.69, 9.17) is 19.0 Å². The van der Waals surface area contributed by atoms with Gasteiger partial charge in [-0.2, -0.15) is 0 Å². The molecule has 6 nitrogen and oxygen atoms in total. The number of aliphatic hydroxyl groups excluding tert-OH is 2. The van der Waals surface area contributed by atoms with Crippen molar-refractivity contribution in [1.82, 2.24) is 0 Å². The molecular formula is C30H66ClNO5Si. The first-order chi connectivity index (χ1) is 17.7. The third kappa shape index (κ3) is 22.0. The molecule has 0 aromatic heterocycles. The summed E-state index contributed by atoms with van der Waals surface area (Å²) >= 11 is 0. The number of hydrogen-bond donors (Lipinski definition) is 3. The van der Waals surface area contributed by atoms with Crippen molar-refractivity contribution in [2.75, 3.05) is 33.0 Å². The zero-order valence-corrected chi connectivity index (χ0v) is 27.6. The normalized spacial score (nSPS) is 13.9. The molecule has 0 aromatic carbocycles. The summed E-state index contributed by atoms with van der Waals surface area (Å²) in [6.45, 7) is 11.4. The van der Waals surface area contributed by atoms with Gasteiger partial charge in [0.2, 0.25) is 0 Å². The van der Waals surface area contributed by atoms with Crippen molar-refractivity contribution >= 4 is 21.2 Å². The van der Waals surface area contributed by atoms with Crippen LogP contribution in [-0.2, 0) is 13.3 Å². The van der Waals surface area contributed by atoms with Crippen LogP contribution in [0.4, 0.5) is 0 Å². The highest BCUT2D eigenvalue weighted by molar-refractivity contribution is 6.60. The van der Waals surface area contributed by atoms with E-state index in [0.717, 1.165) is 12.8 Å². The standard InChI is InChI=1S/C30H65NO5Si.ClH/c1-6-8-9-10-11-12-13-14-15-16-17-18-19-20-21-29(30(4,5)31)26-28(3)27-37(34-7-2,35-24-22-32)36-25-23-33;/h28-29,32-33H,6-27,31H2,1-5H3;1H. The topological polar surface area (TPSA) is 94.2 Å². The van der Waals surface area contributed by atoms with Crippen LogP contribution in [-0.4, -0.2) is 57.6 Å². The first kappa shape index (κ1) is 40.4. The molecule has 0 amide bonds. The summed E-state index contributed by atoms with van der Waals surface area (Å²) in [6, 6.07) is 0.673. The molecule has 232 valence electrons. The highest BCUT2D eigenvalue weighted by Crippen LogP contribution is 2.32. The number of unbranched alkanes of at least 4 members (excludes halogenated alkanes) is 13. The predicted molar refractivity (Wildman–Crippen MR) is 166 cm³/mol. The lowest BCUT2D eigenvalue weighted by molar-refractivity contribution is 0.0355. The first-order valence-corrected chi connectivity index (χ1v) is 17.6. The smallest absolute Gasteiger partial charge is 0.394 e. The van der Waals surface area contributed by atoms with E-state index in [1.165, 1.54) is 89.9 Å². The summed E-state index contributed by atoms with van der Waals surface area (Å²) in [6.07, 6.45) is 21.4. The van der Waals surface area contributed by atoms with Gasteiger partial charge in [-0.1, -0.05) is 104 Å². The van der Waals surface area contributed by atoms with Crippen LogP contribution in [0.2, 0.25) is 6.04 Å². The van der Waals surface area contributed by atoms with Crippen molar-refractivity contribution in [2.45, 2.75) is 149 Å². The Labute approximate surface area is 243 Å². The predicted octanol–water partition coefficient (Wildman–Crippen LogP) is 7.65. The Morgan fingerprint density at radius 3 is 1.50 bits per heavy atom. The molecule has 0 rings (SSSR count). The highest BCUT2D eigenvalue weighted by atomic mass is 35.5. The molecule has 0 fully saturated rings. The molecular weight excluding hydrogens is 518 g/mol. The lowest BCUT2D eigenvalue weighted by Crippen LogP contribution is -2.49. The Morgan fingerprint density at radius 1 is 0.711 bits per heavy atom. The fraction of sp³-hybridized carbons (Fsp3) is 1.00. The molecule has 0 aliphatic heterocycles. The molecule has 0 saturated heterocycles. The lowest BCUT2D eigenvalue weighted by atomic mass is 9.79. The number of halogens is 1. The Morgan fingerprint density at radius 2 is 1.13 bits per heavy atom. The fourth-order valence-electron chi connectivity index (χ4n) is 5.30. The second-order valence-corrected chi connectivity index (χ2v) is 14.3. The molecule has 0 heterocycles. The van der Waals surface area contributed by atoms with Crippen molar-refractivity contribution in [3.63, 3.8) is 0 Å². The maximum absolute atomic E-state index is 9.29. The first-order valence-electron chi connectivity index (χ1n) is 15.7. The van der Waals surface area contributed by atoms with Gasteiger partial charge in [0.25, 0.3) is 0 Å². The Bertz CT molecular complexity index is 488. The van der Waals surface area contributed by atoms with Crippen LogP contribution in [0.15, 0.2) is 0 Å². The Balaban J connectivity index is 0. The molecule has 0 spiro atoms. The van der Waals surface area contributed by atoms with E-state index in [1.807, 2.05) is 6.92 Å². The van der Waals surface area contributed by atoms with E-state index >= 15 is 0 Å². The van der Waals surface area contributed by atoms with Crippen molar-refractivity contribution in [3.05, 3.63) is 0 Å². The van der Waals surface area contributed by atoms with Gasteiger partial charge in [0.05, 0.1) is 26.4 Å². The summed E-state index contributed by atoms with van der Waals surface area (Å²) in [5.41, 5.74) is 6.38. The van der Waals surface area contributed by atoms with Gasteiger partial charge < -0.3 is 29.2 Å². The number of rotatable bonds is 28. The summed E-state index contributed by atoms with van der Waals surface area (Å²) in [5, 5.41) is 18.6. The van der Waals surface area contributed by atoms with Gasteiger partial charge in [-0.25, -0.2) is 0 Å². The quantitative estimate of drug-likeness (QED) is 0.0646. The minimum atomic E-state index is -2.96. The van der Waals surface area contributed by atoms with Crippen LogP contribution in [0, 0.1) is 11.8 Å². The van der Waals surface area contributed by atoms with Crippen LogP contribution in [0.25, 0.3) is 0 Å². The molecule has 4 N–H and O–H groups in total. The number of nitrogens with two attached hydrogens (primary N) is 1. The van der Waals surface area contributed by atoms with Gasteiger partial charge >= 0.3 is 8.80 Å². The summed E-state index contributed by atoms with van der Waals surface area (Å²) < 4.78 is 17.9. The molecule has 0 radical (unpaired) electrons. The zero-order chi connectivity index (χ0) is 27.8. The molecule has 8 heteroatoms. The average molecular weight is 584 g/mol. The molecule has 2 unspecified atom stereocenters. The summed E-state index contributed by atoms with van der Waals surface area (Å²) in [7, 11) is -2.96. The van der Waals surface area contributed by atoms with Crippen LogP contribution >= 0.6 is 12.4 Å². The fourth-order valence-corrected chi connectivity index (χ4v) is 8.17. The van der Waals surface area contributed by atoms with Crippen LogP contribution in [0.3, 0.4) is 0 Å². The third-order valence-electron chi connectivity index (χ3n) is 7.43. The summed E-state index contributed by atoms with van der Waals surface area (Å²) in [5.74, 6) is 0.735. The van der Waals surface area contributed by atoms with Gasteiger partial charge in [0.15, 0.2) is 0 Å². The average Bonchev–Trinajstić information content (AvgIpc) is 2.85. The van der Waals surface area contributed by atoms with E-state index in [-0.39, 0.29) is 44.4 Å². The molecule has 0 aliphatic carbocycles. The van der Waals surface area contributed by atoms with E-state index in [1.54, 1.807) is 0 Å². The van der Waals surface area contributed by atoms with Gasteiger partial charge in [-0.05, 0) is 45.4 Å². The monoisotopic (exact) mass is 583 g/mol. The van der Waals surface area contributed by atoms with Gasteiger partial charge in [0, 0.05) is 18.2 Å². The second-order valence-electron chi connectivity index (χ2n) is 11.7. The molecule has 0 aromatic rings. The number of hydrogen-bond acceptors (Lipinski definition) is 6.